The number of aromatic nitrogens is 3. The van der Waals surface area contributed by atoms with E-state index in [0.29, 0.717) is 11.8 Å². The molecule has 0 spiro atoms. The van der Waals surface area contributed by atoms with Crippen molar-refractivity contribution in [3.63, 3.8) is 0 Å². The van der Waals surface area contributed by atoms with E-state index in [2.05, 4.69) is 69.7 Å². The van der Waals surface area contributed by atoms with Crippen LogP contribution in [0, 0.1) is 17.2 Å². The first-order valence-corrected chi connectivity index (χ1v) is 10.7. The topological polar surface area (TPSA) is 67.0 Å². The maximum atomic E-state index is 9.19. The first kappa shape index (κ1) is 20.4. The van der Waals surface area contributed by atoms with Crippen molar-refractivity contribution in [1.82, 2.24) is 19.4 Å². The van der Waals surface area contributed by atoms with Crippen molar-refractivity contribution in [3.05, 3.63) is 53.6 Å². The first-order valence-electron chi connectivity index (χ1n) is 10.7. The van der Waals surface area contributed by atoms with Gasteiger partial charge in [0.25, 0.3) is 0 Å². The summed E-state index contributed by atoms with van der Waals surface area (Å²) >= 11 is 0. The molecule has 3 heterocycles. The number of hydrogen-bond acceptors (Lipinski definition) is 5. The summed E-state index contributed by atoms with van der Waals surface area (Å²) in [7, 11) is 1.71. The molecule has 1 fully saturated rings. The Kier molecular flexibility index (Phi) is 6.01. The summed E-state index contributed by atoms with van der Waals surface area (Å²) in [5.41, 5.74) is 3.54. The van der Waals surface area contributed by atoms with E-state index < -0.39 is 0 Å². The average Bonchev–Trinajstić information content (AvgIpc) is 3.10. The Morgan fingerprint density at radius 1 is 1.20 bits per heavy atom. The summed E-state index contributed by atoms with van der Waals surface area (Å²) in [5, 5.41) is 10.2. The summed E-state index contributed by atoms with van der Waals surface area (Å²) in [6, 6.07) is 12.8. The molecule has 3 aromatic rings. The zero-order chi connectivity index (χ0) is 21.1. The highest BCUT2D eigenvalue weighted by atomic mass is 16.5. The van der Waals surface area contributed by atoms with Crippen LogP contribution >= 0.6 is 0 Å². The molecule has 30 heavy (non-hydrogen) atoms. The van der Waals surface area contributed by atoms with Gasteiger partial charge in [-0.15, -0.1) is 0 Å². The molecule has 2 aromatic heterocycles. The molecule has 0 saturated carbocycles. The minimum absolute atomic E-state index is 0.234. The van der Waals surface area contributed by atoms with Crippen molar-refractivity contribution in [3.8, 4) is 11.8 Å². The minimum Gasteiger partial charge on any atom is -0.497 e. The fraction of sp³-hybridized carbons (Fsp3) is 0.458. The maximum Gasteiger partial charge on any atom is 0.234 e. The van der Waals surface area contributed by atoms with Gasteiger partial charge in [0.2, 0.25) is 5.82 Å². The van der Waals surface area contributed by atoms with E-state index in [9.17, 15) is 5.26 Å². The quantitative estimate of drug-likeness (QED) is 0.612. The second-order valence-electron chi connectivity index (χ2n) is 8.55. The number of methoxy groups -OCH3 is 1. The molecule has 1 aliphatic heterocycles. The Labute approximate surface area is 178 Å². The first-order chi connectivity index (χ1) is 14.6. The van der Waals surface area contributed by atoms with Crippen molar-refractivity contribution in [2.75, 3.05) is 20.2 Å². The number of nitriles is 1. The van der Waals surface area contributed by atoms with Crippen molar-refractivity contribution in [1.29, 1.82) is 5.26 Å². The Bertz CT molecular complexity index is 1040. The number of rotatable bonds is 6. The Morgan fingerprint density at radius 2 is 1.93 bits per heavy atom. The molecule has 0 N–H and O–H groups in total. The van der Waals surface area contributed by atoms with Gasteiger partial charge in [-0.1, -0.05) is 26.0 Å². The van der Waals surface area contributed by atoms with Crippen molar-refractivity contribution < 1.29 is 4.74 Å². The summed E-state index contributed by atoms with van der Waals surface area (Å²) in [4.78, 5) is 11.2. The van der Waals surface area contributed by atoms with Crippen LogP contribution in [0.3, 0.4) is 0 Å². The van der Waals surface area contributed by atoms with Gasteiger partial charge in [-0.25, -0.2) is 9.97 Å². The van der Waals surface area contributed by atoms with Gasteiger partial charge < -0.3 is 9.30 Å². The molecule has 0 radical (unpaired) electrons. The highest BCUT2D eigenvalue weighted by molar-refractivity contribution is 5.76. The number of likely N-dealkylation sites (tertiary alicyclic amines) is 1. The Balaban J connectivity index is 1.48. The van der Waals surface area contributed by atoms with Gasteiger partial charge in [0, 0.05) is 30.4 Å². The number of piperidine rings is 1. The lowest BCUT2D eigenvalue weighted by atomic mass is 9.89. The molecule has 1 aromatic carbocycles. The van der Waals surface area contributed by atoms with Crippen molar-refractivity contribution in [2.45, 2.75) is 45.7 Å². The molecule has 1 aliphatic rings. The summed E-state index contributed by atoms with van der Waals surface area (Å²) < 4.78 is 7.56. The van der Waals surface area contributed by atoms with Gasteiger partial charge in [0.05, 0.1) is 7.11 Å². The second-order valence-corrected chi connectivity index (χ2v) is 8.55. The monoisotopic (exact) mass is 403 g/mol. The van der Waals surface area contributed by atoms with Crippen LogP contribution in [0.15, 0.2) is 36.5 Å². The molecule has 0 bridgehead atoms. The van der Waals surface area contributed by atoms with Gasteiger partial charge in [-0.05, 0) is 61.5 Å². The summed E-state index contributed by atoms with van der Waals surface area (Å²) in [6.45, 7) is 8.37. The summed E-state index contributed by atoms with van der Waals surface area (Å²) in [6.07, 6.45) is 4.10. The maximum absolute atomic E-state index is 9.19. The summed E-state index contributed by atoms with van der Waals surface area (Å²) in [5.74, 6) is 2.26. The highest BCUT2D eigenvalue weighted by Gasteiger charge is 2.22. The fourth-order valence-corrected chi connectivity index (χ4v) is 4.38. The van der Waals surface area contributed by atoms with E-state index >= 15 is 0 Å². The zero-order valence-corrected chi connectivity index (χ0v) is 18.0. The smallest absolute Gasteiger partial charge is 0.234 e. The lowest BCUT2D eigenvalue weighted by Gasteiger charge is -2.32. The van der Waals surface area contributed by atoms with Crippen LogP contribution in [0.2, 0.25) is 0 Å². The van der Waals surface area contributed by atoms with Gasteiger partial charge in [-0.2, -0.15) is 5.26 Å². The van der Waals surface area contributed by atoms with Crippen LogP contribution in [-0.2, 0) is 13.1 Å². The third kappa shape index (κ3) is 4.31. The van der Waals surface area contributed by atoms with Gasteiger partial charge in [0.15, 0.2) is 0 Å². The number of ether oxygens (including phenoxy) is 1. The Hall–Kier alpha value is -2.91. The fourth-order valence-electron chi connectivity index (χ4n) is 4.38. The highest BCUT2D eigenvalue weighted by Crippen LogP contribution is 2.30. The van der Waals surface area contributed by atoms with Crippen LogP contribution in [0.4, 0.5) is 0 Å². The SMILES string of the molecule is COc1ccc(C2CCN(Cc3cc4cnc(C#N)nc4n3CC(C)C)CC2)cc1. The minimum atomic E-state index is 0.234. The van der Waals surface area contributed by atoms with Crippen LogP contribution in [0.25, 0.3) is 11.0 Å². The predicted molar refractivity (Wildman–Crippen MR) is 117 cm³/mol. The van der Waals surface area contributed by atoms with E-state index in [4.69, 9.17) is 4.74 Å². The van der Waals surface area contributed by atoms with E-state index in [1.807, 2.05) is 0 Å². The molecular formula is C24H29N5O. The van der Waals surface area contributed by atoms with Crippen LogP contribution in [0.5, 0.6) is 5.75 Å². The van der Waals surface area contributed by atoms with Gasteiger partial charge in [-0.3, -0.25) is 4.90 Å². The molecule has 0 aliphatic carbocycles. The number of benzene rings is 1. The lowest BCUT2D eigenvalue weighted by Crippen LogP contribution is -2.33. The molecular weight excluding hydrogens is 374 g/mol. The van der Waals surface area contributed by atoms with Gasteiger partial charge >= 0.3 is 0 Å². The lowest BCUT2D eigenvalue weighted by molar-refractivity contribution is 0.200. The third-order valence-corrected chi connectivity index (χ3v) is 5.93. The van der Waals surface area contributed by atoms with Crippen molar-refractivity contribution >= 4 is 11.0 Å². The number of fused-ring (bicyclic) bond motifs is 1. The molecule has 0 amide bonds. The van der Waals surface area contributed by atoms with Gasteiger partial charge in [0.1, 0.15) is 17.5 Å². The second kappa shape index (κ2) is 8.85. The van der Waals surface area contributed by atoms with Crippen LogP contribution < -0.4 is 4.74 Å². The Morgan fingerprint density at radius 3 is 2.57 bits per heavy atom. The number of hydrogen-bond donors (Lipinski definition) is 0. The standard InChI is InChI=1S/C24H29N5O/c1-17(2)15-29-21(12-20-14-26-23(13-25)27-24(20)29)16-28-10-8-19(9-11-28)18-4-6-22(30-3)7-5-18/h4-7,12,14,17,19H,8-11,15-16H2,1-3H3. The molecule has 6 nitrogen and oxygen atoms in total. The normalized spacial score (nSPS) is 15.6. The molecule has 0 atom stereocenters. The molecule has 1 saturated heterocycles. The van der Waals surface area contributed by atoms with E-state index in [1.54, 1.807) is 13.3 Å². The number of nitrogens with zero attached hydrogens (tertiary/aromatic N) is 5. The van der Waals surface area contributed by atoms with E-state index in [0.717, 1.165) is 55.8 Å². The predicted octanol–water partition coefficient (Wildman–Crippen LogP) is 4.35. The van der Waals surface area contributed by atoms with Crippen LogP contribution in [0.1, 0.15) is 49.7 Å². The molecule has 156 valence electrons. The third-order valence-electron chi connectivity index (χ3n) is 5.93. The molecule has 6 heteroatoms. The largest absolute Gasteiger partial charge is 0.497 e. The zero-order valence-electron chi connectivity index (χ0n) is 18.0. The van der Waals surface area contributed by atoms with E-state index in [-0.39, 0.29) is 5.82 Å². The molecule has 0 unspecified atom stereocenters. The van der Waals surface area contributed by atoms with E-state index in [1.165, 1.54) is 11.3 Å². The average molecular weight is 404 g/mol. The van der Waals surface area contributed by atoms with Crippen molar-refractivity contribution in [2.24, 2.45) is 5.92 Å². The van der Waals surface area contributed by atoms with Crippen LogP contribution in [-0.4, -0.2) is 39.6 Å². The molecule has 4 rings (SSSR count).